The maximum absolute atomic E-state index is 6.06. The highest BCUT2D eigenvalue weighted by Gasteiger charge is 2.23. The summed E-state index contributed by atoms with van der Waals surface area (Å²) < 4.78 is 12.5. The van der Waals surface area contributed by atoms with Crippen LogP contribution in [0.3, 0.4) is 0 Å². The Morgan fingerprint density at radius 1 is 0.550 bits per heavy atom. The van der Waals surface area contributed by atoms with Crippen molar-refractivity contribution in [1.82, 2.24) is 0 Å². The minimum atomic E-state index is 0.779. The minimum absolute atomic E-state index is 0.779. The molecule has 2 aromatic carbocycles. The lowest BCUT2D eigenvalue weighted by atomic mass is 10.1. The van der Waals surface area contributed by atoms with Crippen molar-refractivity contribution in [1.29, 1.82) is 0 Å². The molecule has 0 spiro atoms. The van der Waals surface area contributed by atoms with Crippen LogP contribution >= 0.6 is 112 Å². The van der Waals surface area contributed by atoms with Gasteiger partial charge >= 0.3 is 0 Å². The maximum Gasteiger partial charge on any atom is 0.152 e. The molecule has 20 heavy (non-hydrogen) atoms. The van der Waals surface area contributed by atoms with E-state index >= 15 is 0 Å². The summed E-state index contributed by atoms with van der Waals surface area (Å²) in [5.41, 5.74) is 1.56. The molecular weight excluding hydrogens is 719 g/mol. The molecule has 1 aromatic heterocycles. The summed E-state index contributed by atoms with van der Waals surface area (Å²) in [5.74, 6) is 0. The first-order valence-corrected chi connectivity index (χ1v) is 10.6. The van der Waals surface area contributed by atoms with Crippen molar-refractivity contribution < 1.29 is 4.42 Å². The van der Waals surface area contributed by atoms with E-state index in [2.05, 4.69) is 112 Å². The van der Waals surface area contributed by atoms with Crippen LogP contribution < -0.4 is 0 Å². The Labute approximate surface area is 173 Å². The minimum Gasteiger partial charge on any atom is -0.454 e. The van der Waals surface area contributed by atoms with E-state index in [1.54, 1.807) is 0 Å². The summed E-state index contributed by atoms with van der Waals surface area (Å²) in [4.78, 5) is 0. The molecule has 0 aliphatic carbocycles. The fourth-order valence-electron chi connectivity index (χ4n) is 1.93. The first-order chi connectivity index (χ1) is 9.34. The lowest BCUT2D eigenvalue weighted by Gasteiger charge is -2.05. The van der Waals surface area contributed by atoms with Gasteiger partial charge in [0.15, 0.2) is 11.2 Å². The first kappa shape index (κ1) is 16.5. The topological polar surface area (TPSA) is 13.1 Å². The monoisotopic (exact) mass is 713 g/mol. The molecule has 104 valence electrons. The number of hydrogen-bond donors (Lipinski definition) is 0. The molecule has 0 atom stereocenters. The summed E-state index contributed by atoms with van der Waals surface area (Å²) in [6.07, 6.45) is 0. The molecule has 0 bridgehead atoms. The molecular formula is C12HBr7O. The van der Waals surface area contributed by atoms with Crippen molar-refractivity contribution in [3.05, 3.63) is 37.4 Å². The highest BCUT2D eigenvalue weighted by atomic mass is 79.9. The summed E-state index contributed by atoms with van der Waals surface area (Å²) in [5, 5.41) is 2.01. The standard InChI is InChI=1S/C12HBr7O/c13-2-1-3(14)6(15)11-4(2)5-7(16)8(17)9(18)10(19)12(5)20-11/h1H. The second-order valence-electron chi connectivity index (χ2n) is 3.92. The number of halogens is 7. The number of benzene rings is 2. The molecule has 0 N–H and O–H groups in total. The Kier molecular flexibility index (Phi) is 4.86. The largest absolute Gasteiger partial charge is 0.454 e. The highest BCUT2D eigenvalue weighted by molar-refractivity contribution is 9.15. The third-order valence-corrected chi connectivity index (χ3v) is 10.1. The molecule has 0 saturated carbocycles. The fourth-order valence-corrected chi connectivity index (χ4v) is 6.01. The van der Waals surface area contributed by atoms with Crippen molar-refractivity contribution in [2.24, 2.45) is 0 Å². The van der Waals surface area contributed by atoms with E-state index in [0.717, 1.165) is 53.2 Å². The Morgan fingerprint density at radius 3 is 1.75 bits per heavy atom. The van der Waals surface area contributed by atoms with Crippen LogP contribution in [0.2, 0.25) is 0 Å². The van der Waals surface area contributed by atoms with Crippen LogP contribution in [-0.2, 0) is 0 Å². The zero-order chi connectivity index (χ0) is 14.8. The Bertz CT molecular complexity index is 881. The molecule has 1 heterocycles. The van der Waals surface area contributed by atoms with E-state index in [0.29, 0.717) is 0 Å². The molecule has 0 aliphatic rings. The van der Waals surface area contributed by atoms with Gasteiger partial charge in [-0.2, -0.15) is 0 Å². The van der Waals surface area contributed by atoms with E-state index < -0.39 is 0 Å². The van der Waals surface area contributed by atoms with Gasteiger partial charge in [0.05, 0.1) is 13.4 Å². The van der Waals surface area contributed by atoms with E-state index in [9.17, 15) is 0 Å². The van der Waals surface area contributed by atoms with Crippen LogP contribution in [0.25, 0.3) is 21.9 Å². The predicted molar refractivity (Wildman–Crippen MR) is 108 cm³/mol. The Hall–Kier alpha value is 1.60. The second-order valence-corrected chi connectivity index (χ2v) is 9.59. The van der Waals surface area contributed by atoms with Crippen molar-refractivity contribution >= 4 is 133 Å². The van der Waals surface area contributed by atoms with Crippen molar-refractivity contribution in [3.63, 3.8) is 0 Å². The van der Waals surface area contributed by atoms with Gasteiger partial charge in [0, 0.05) is 28.7 Å². The predicted octanol–water partition coefficient (Wildman–Crippen LogP) is 8.92. The summed E-state index contributed by atoms with van der Waals surface area (Å²) >= 11 is 25.0. The van der Waals surface area contributed by atoms with Crippen LogP contribution in [0.15, 0.2) is 41.8 Å². The van der Waals surface area contributed by atoms with Gasteiger partial charge in [-0.3, -0.25) is 0 Å². The zero-order valence-electron chi connectivity index (χ0n) is 9.13. The molecule has 3 aromatic rings. The van der Waals surface area contributed by atoms with E-state index in [1.165, 1.54) is 0 Å². The smallest absolute Gasteiger partial charge is 0.152 e. The van der Waals surface area contributed by atoms with Gasteiger partial charge in [-0.05, 0) is 118 Å². The van der Waals surface area contributed by atoms with Gasteiger partial charge in [0.25, 0.3) is 0 Å². The summed E-state index contributed by atoms with van der Waals surface area (Å²) in [6, 6.07) is 2.00. The van der Waals surface area contributed by atoms with Gasteiger partial charge in [-0.15, -0.1) is 0 Å². The average molecular weight is 720 g/mol. The zero-order valence-corrected chi connectivity index (χ0v) is 20.2. The van der Waals surface area contributed by atoms with Crippen LogP contribution in [-0.4, -0.2) is 0 Å². The summed E-state index contributed by atoms with van der Waals surface area (Å²) in [7, 11) is 0. The SMILES string of the molecule is Brc1cc(Br)c2c(oc3c(Br)c(Br)c(Br)c(Br)c32)c1Br. The Balaban J connectivity index is 2.71. The highest BCUT2D eigenvalue weighted by Crippen LogP contribution is 2.50. The van der Waals surface area contributed by atoms with Crippen LogP contribution in [0.4, 0.5) is 0 Å². The quantitative estimate of drug-likeness (QED) is 0.167. The molecule has 0 fully saturated rings. The summed E-state index contributed by atoms with van der Waals surface area (Å²) in [6.45, 7) is 0. The molecule has 3 rings (SSSR count). The molecule has 0 radical (unpaired) electrons. The molecule has 0 aliphatic heterocycles. The fraction of sp³-hybridized carbons (Fsp3) is 0. The molecule has 0 saturated heterocycles. The van der Waals surface area contributed by atoms with Crippen molar-refractivity contribution in [2.45, 2.75) is 0 Å². The first-order valence-electron chi connectivity index (χ1n) is 5.06. The maximum atomic E-state index is 6.06. The molecule has 8 heteroatoms. The van der Waals surface area contributed by atoms with Crippen LogP contribution in [0, 0.1) is 0 Å². The third kappa shape index (κ3) is 2.36. The molecule has 0 unspecified atom stereocenters. The van der Waals surface area contributed by atoms with E-state index in [4.69, 9.17) is 4.42 Å². The van der Waals surface area contributed by atoms with E-state index in [-0.39, 0.29) is 0 Å². The van der Waals surface area contributed by atoms with Crippen LogP contribution in [0.1, 0.15) is 0 Å². The van der Waals surface area contributed by atoms with Crippen molar-refractivity contribution in [3.8, 4) is 0 Å². The van der Waals surface area contributed by atoms with Crippen LogP contribution in [0.5, 0.6) is 0 Å². The van der Waals surface area contributed by atoms with Gasteiger partial charge in [0.1, 0.15) is 0 Å². The van der Waals surface area contributed by atoms with E-state index in [1.807, 2.05) is 6.07 Å². The number of fused-ring (bicyclic) bond motifs is 3. The van der Waals surface area contributed by atoms with Gasteiger partial charge in [-0.1, -0.05) is 0 Å². The second kappa shape index (κ2) is 5.91. The molecule has 0 amide bonds. The third-order valence-electron chi connectivity index (χ3n) is 2.81. The normalized spacial score (nSPS) is 11.8. The van der Waals surface area contributed by atoms with Gasteiger partial charge < -0.3 is 4.42 Å². The number of furan rings is 1. The lowest BCUT2D eigenvalue weighted by Crippen LogP contribution is -1.80. The number of rotatable bonds is 0. The van der Waals surface area contributed by atoms with Crippen molar-refractivity contribution in [2.75, 3.05) is 0 Å². The number of hydrogen-bond acceptors (Lipinski definition) is 1. The Morgan fingerprint density at radius 2 is 1.10 bits per heavy atom. The molecule has 1 nitrogen and oxygen atoms in total. The van der Waals surface area contributed by atoms with Gasteiger partial charge in [-0.25, -0.2) is 0 Å². The average Bonchev–Trinajstić information content (AvgIpc) is 2.81. The lowest BCUT2D eigenvalue weighted by molar-refractivity contribution is 0.663. The van der Waals surface area contributed by atoms with Gasteiger partial charge in [0.2, 0.25) is 0 Å².